The Morgan fingerprint density at radius 3 is 3.00 bits per heavy atom. The molecule has 0 radical (unpaired) electrons. The minimum absolute atomic E-state index is 0.266. The van der Waals surface area contributed by atoms with E-state index in [2.05, 4.69) is 36.2 Å². The maximum Gasteiger partial charge on any atom is 0.166 e. The summed E-state index contributed by atoms with van der Waals surface area (Å²) in [5.41, 5.74) is 1.00. The number of aromatic nitrogens is 3. The van der Waals surface area contributed by atoms with Crippen molar-refractivity contribution in [1.29, 1.82) is 0 Å². The first-order valence-corrected chi connectivity index (χ1v) is 5.57. The van der Waals surface area contributed by atoms with Crippen LogP contribution in [0.2, 0.25) is 0 Å². The lowest BCUT2D eigenvalue weighted by atomic mass is 10.3. The van der Waals surface area contributed by atoms with Gasteiger partial charge in [-0.25, -0.2) is 14.4 Å². The first-order chi connectivity index (χ1) is 7.75. The number of nitrogens with one attached hydrogen (secondary N) is 2. The SMILES string of the molecule is Fc1cc(Br)cnc1NCCc1cnc[nH]1. The predicted molar refractivity (Wildman–Crippen MR) is 62.7 cm³/mol. The summed E-state index contributed by atoms with van der Waals surface area (Å²) in [6, 6.07) is 1.38. The fraction of sp³-hybridized carbons (Fsp3) is 0.200. The smallest absolute Gasteiger partial charge is 0.166 e. The Labute approximate surface area is 100 Å². The van der Waals surface area contributed by atoms with Crippen molar-refractivity contribution < 1.29 is 4.39 Å². The summed E-state index contributed by atoms with van der Waals surface area (Å²) in [6.07, 6.45) is 5.67. The maximum atomic E-state index is 13.3. The fourth-order valence-electron chi connectivity index (χ4n) is 1.28. The molecule has 0 aromatic carbocycles. The number of hydrogen-bond donors (Lipinski definition) is 2. The molecule has 2 rings (SSSR count). The molecule has 0 fully saturated rings. The van der Waals surface area contributed by atoms with E-state index in [1.54, 1.807) is 18.7 Å². The molecule has 2 aromatic heterocycles. The van der Waals surface area contributed by atoms with Crippen LogP contribution in [0.15, 0.2) is 29.3 Å². The van der Waals surface area contributed by atoms with E-state index >= 15 is 0 Å². The molecule has 0 atom stereocenters. The molecule has 4 nitrogen and oxygen atoms in total. The molecule has 84 valence electrons. The quantitative estimate of drug-likeness (QED) is 0.906. The molecular formula is C10H10BrFN4. The third kappa shape index (κ3) is 2.79. The van der Waals surface area contributed by atoms with Crippen molar-refractivity contribution in [3.63, 3.8) is 0 Å². The van der Waals surface area contributed by atoms with E-state index in [9.17, 15) is 4.39 Å². The van der Waals surface area contributed by atoms with Gasteiger partial charge in [-0.2, -0.15) is 0 Å². The van der Waals surface area contributed by atoms with Crippen molar-refractivity contribution in [3.8, 4) is 0 Å². The van der Waals surface area contributed by atoms with Gasteiger partial charge in [0.25, 0.3) is 0 Å². The third-order valence-corrected chi connectivity index (χ3v) is 2.48. The Bertz CT molecular complexity index is 458. The lowest BCUT2D eigenvalue weighted by Crippen LogP contribution is -2.08. The summed E-state index contributed by atoms with van der Waals surface area (Å²) in [5.74, 6) is -0.0956. The predicted octanol–water partition coefficient (Wildman–Crippen LogP) is 2.36. The van der Waals surface area contributed by atoms with Crippen molar-refractivity contribution in [2.24, 2.45) is 0 Å². The van der Waals surface area contributed by atoms with Gasteiger partial charge in [-0.05, 0) is 22.0 Å². The largest absolute Gasteiger partial charge is 0.367 e. The van der Waals surface area contributed by atoms with Gasteiger partial charge in [0, 0.05) is 35.5 Å². The van der Waals surface area contributed by atoms with Gasteiger partial charge in [-0.15, -0.1) is 0 Å². The summed E-state index contributed by atoms with van der Waals surface area (Å²) in [7, 11) is 0. The minimum atomic E-state index is -0.362. The van der Waals surface area contributed by atoms with Crippen LogP contribution in [0.5, 0.6) is 0 Å². The van der Waals surface area contributed by atoms with Gasteiger partial charge in [0.15, 0.2) is 11.6 Å². The molecule has 0 amide bonds. The Balaban J connectivity index is 1.90. The van der Waals surface area contributed by atoms with E-state index in [0.717, 1.165) is 12.1 Å². The fourth-order valence-corrected chi connectivity index (χ4v) is 1.58. The molecular weight excluding hydrogens is 275 g/mol. The number of anilines is 1. The number of halogens is 2. The highest BCUT2D eigenvalue weighted by molar-refractivity contribution is 9.10. The van der Waals surface area contributed by atoms with Crippen molar-refractivity contribution >= 4 is 21.7 Å². The lowest BCUT2D eigenvalue weighted by molar-refractivity contribution is 0.623. The number of H-pyrrole nitrogens is 1. The van der Waals surface area contributed by atoms with Crippen LogP contribution in [0.25, 0.3) is 0 Å². The van der Waals surface area contributed by atoms with Crippen molar-refractivity contribution in [3.05, 3.63) is 40.8 Å². The summed E-state index contributed by atoms with van der Waals surface area (Å²) in [6.45, 7) is 0.605. The first-order valence-electron chi connectivity index (χ1n) is 4.78. The van der Waals surface area contributed by atoms with Crippen LogP contribution in [-0.4, -0.2) is 21.5 Å². The number of nitrogens with zero attached hydrogens (tertiary/aromatic N) is 2. The van der Waals surface area contributed by atoms with Crippen LogP contribution in [0.4, 0.5) is 10.2 Å². The van der Waals surface area contributed by atoms with Gasteiger partial charge in [0.1, 0.15) is 0 Å². The summed E-state index contributed by atoms with van der Waals surface area (Å²) in [5, 5.41) is 2.92. The zero-order valence-electron chi connectivity index (χ0n) is 8.37. The van der Waals surface area contributed by atoms with Gasteiger partial charge < -0.3 is 10.3 Å². The second-order valence-corrected chi connectivity index (χ2v) is 4.15. The Kier molecular flexibility index (Phi) is 3.51. The molecule has 0 saturated carbocycles. The van der Waals surface area contributed by atoms with E-state index < -0.39 is 0 Å². The normalized spacial score (nSPS) is 10.4. The summed E-state index contributed by atoms with van der Waals surface area (Å²) >= 11 is 3.15. The number of rotatable bonds is 4. The molecule has 0 bridgehead atoms. The number of imidazole rings is 1. The van der Waals surface area contributed by atoms with Crippen molar-refractivity contribution in [1.82, 2.24) is 15.0 Å². The molecule has 2 heterocycles. The van der Waals surface area contributed by atoms with Crippen molar-refractivity contribution in [2.45, 2.75) is 6.42 Å². The standard InChI is InChI=1S/C10H10BrFN4/c11-7-3-9(12)10(15-4-7)14-2-1-8-5-13-6-16-8/h3-6H,1-2H2,(H,13,16)(H,14,15). The molecule has 2 N–H and O–H groups in total. The maximum absolute atomic E-state index is 13.3. The number of pyridine rings is 1. The first kappa shape index (κ1) is 11.1. The van der Waals surface area contributed by atoms with E-state index in [1.165, 1.54) is 6.07 Å². The van der Waals surface area contributed by atoms with Crippen molar-refractivity contribution in [2.75, 3.05) is 11.9 Å². The Hall–Kier alpha value is -1.43. The van der Waals surface area contributed by atoms with Crippen LogP contribution in [0.3, 0.4) is 0 Å². The van der Waals surface area contributed by atoms with Crippen LogP contribution in [-0.2, 0) is 6.42 Å². The lowest BCUT2D eigenvalue weighted by Gasteiger charge is -2.05. The highest BCUT2D eigenvalue weighted by Gasteiger charge is 2.03. The minimum Gasteiger partial charge on any atom is -0.367 e. The molecule has 0 aliphatic carbocycles. The van der Waals surface area contributed by atoms with E-state index in [1.807, 2.05) is 0 Å². The Morgan fingerprint density at radius 1 is 1.44 bits per heavy atom. The van der Waals surface area contributed by atoms with Crippen LogP contribution >= 0.6 is 15.9 Å². The zero-order chi connectivity index (χ0) is 11.4. The molecule has 0 unspecified atom stereocenters. The molecule has 0 aliphatic rings. The topological polar surface area (TPSA) is 53.6 Å². The van der Waals surface area contributed by atoms with Gasteiger partial charge in [0.2, 0.25) is 0 Å². The van der Waals surface area contributed by atoms with Crippen LogP contribution in [0.1, 0.15) is 5.69 Å². The second-order valence-electron chi connectivity index (χ2n) is 3.24. The van der Waals surface area contributed by atoms with E-state index in [4.69, 9.17) is 0 Å². The highest BCUT2D eigenvalue weighted by Crippen LogP contribution is 2.15. The average Bonchev–Trinajstić information content (AvgIpc) is 2.74. The van der Waals surface area contributed by atoms with Gasteiger partial charge in [-0.3, -0.25) is 0 Å². The third-order valence-electron chi connectivity index (χ3n) is 2.05. The van der Waals surface area contributed by atoms with E-state index in [0.29, 0.717) is 11.0 Å². The molecule has 6 heteroatoms. The molecule has 2 aromatic rings. The number of hydrogen-bond acceptors (Lipinski definition) is 3. The zero-order valence-corrected chi connectivity index (χ0v) is 9.96. The summed E-state index contributed by atoms with van der Waals surface area (Å²) in [4.78, 5) is 10.8. The molecule has 0 saturated heterocycles. The van der Waals surface area contributed by atoms with E-state index in [-0.39, 0.29) is 11.6 Å². The van der Waals surface area contributed by atoms with Gasteiger partial charge in [0.05, 0.1) is 6.33 Å². The summed E-state index contributed by atoms with van der Waals surface area (Å²) < 4.78 is 14.0. The highest BCUT2D eigenvalue weighted by atomic mass is 79.9. The monoisotopic (exact) mass is 284 g/mol. The second kappa shape index (κ2) is 5.07. The van der Waals surface area contributed by atoms with Crippen LogP contribution < -0.4 is 5.32 Å². The average molecular weight is 285 g/mol. The molecule has 0 aliphatic heterocycles. The van der Waals surface area contributed by atoms with Crippen LogP contribution in [0, 0.1) is 5.82 Å². The number of aromatic amines is 1. The Morgan fingerprint density at radius 2 is 2.31 bits per heavy atom. The van der Waals surface area contributed by atoms with Gasteiger partial charge >= 0.3 is 0 Å². The molecule has 16 heavy (non-hydrogen) atoms. The molecule has 0 spiro atoms. The van der Waals surface area contributed by atoms with Gasteiger partial charge in [-0.1, -0.05) is 0 Å².